The number of amides is 1. The molecule has 0 radical (unpaired) electrons. The molecule has 0 saturated heterocycles. The zero-order valence-electron chi connectivity index (χ0n) is 17.4. The van der Waals surface area contributed by atoms with Gasteiger partial charge in [0.25, 0.3) is 0 Å². The van der Waals surface area contributed by atoms with Gasteiger partial charge >= 0.3 is 0 Å². The van der Waals surface area contributed by atoms with Crippen LogP contribution < -0.4 is 10.6 Å². The monoisotopic (exact) mass is 471 g/mol. The van der Waals surface area contributed by atoms with Gasteiger partial charge < -0.3 is 5.32 Å². The third-order valence-electron chi connectivity index (χ3n) is 4.80. The third-order valence-corrected chi connectivity index (χ3v) is 7.43. The fourth-order valence-corrected chi connectivity index (χ4v) is 4.82. The first-order valence-corrected chi connectivity index (χ1v) is 11.9. The van der Waals surface area contributed by atoms with Gasteiger partial charge in [0.2, 0.25) is 15.9 Å². The zero-order chi connectivity index (χ0) is 22.5. The van der Waals surface area contributed by atoms with E-state index in [4.69, 9.17) is 23.2 Å². The van der Waals surface area contributed by atoms with Crippen molar-refractivity contribution >= 4 is 44.8 Å². The molecule has 0 spiro atoms. The number of nitrogens with one attached hydrogen (secondary N) is 2. The second-order valence-electron chi connectivity index (χ2n) is 6.88. The highest BCUT2D eigenvalue weighted by Gasteiger charge is 2.22. The Morgan fingerprint density at radius 2 is 1.63 bits per heavy atom. The summed E-state index contributed by atoms with van der Waals surface area (Å²) in [5.41, 5.74) is 1.32. The van der Waals surface area contributed by atoms with E-state index < -0.39 is 16.1 Å². The van der Waals surface area contributed by atoms with E-state index in [0.29, 0.717) is 28.8 Å². The van der Waals surface area contributed by atoms with Gasteiger partial charge in [-0.1, -0.05) is 49.2 Å². The quantitative estimate of drug-likeness (QED) is 0.555. The molecule has 2 N–H and O–H groups in total. The fraction of sp³-hybridized carbons (Fsp3) is 0.381. The van der Waals surface area contributed by atoms with Gasteiger partial charge in [-0.25, -0.2) is 8.42 Å². The Morgan fingerprint density at radius 3 is 2.20 bits per heavy atom. The number of carbonyl (C=O) groups is 1. The van der Waals surface area contributed by atoms with Crippen molar-refractivity contribution in [1.29, 1.82) is 0 Å². The average molecular weight is 472 g/mol. The first kappa shape index (κ1) is 24.6. The summed E-state index contributed by atoms with van der Waals surface area (Å²) in [5, 5.41) is 6.84. The molecule has 0 aliphatic heterocycles. The molecule has 0 saturated carbocycles. The maximum Gasteiger partial charge on any atom is 0.243 e. The minimum atomic E-state index is -3.50. The Morgan fingerprint density at radius 1 is 1.03 bits per heavy atom. The SMILES string of the molecule is CCN(CC)S(=O)(=O)c1ccc(C(C)NC(C)C(=O)Nc2cc(Cl)ccc2Cl)cc1. The van der Waals surface area contributed by atoms with Gasteiger partial charge in [-0.2, -0.15) is 4.31 Å². The minimum Gasteiger partial charge on any atom is -0.323 e. The Balaban J connectivity index is 2.05. The third kappa shape index (κ3) is 5.95. The van der Waals surface area contributed by atoms with Crippen LogP contribution in [0.1, 0.15) is 39.3 Å². The van der Waals surface area contributed by atoms with Gasteiger partial charge in [0, 0.05) is 24.2 Å². The number of hydrogen-bond donors (Lipinski definition) is 2. The van der Waals surface area contributed by atoms with Gasteiger partial charge in [-0.3, -0.25) is 10.1 Å². The highest BCUT2D eigenvalue weighted by molar-refractivity contribution is 7.89. The second kappa shape index (κ2) is 10.6. The smallest absolute Gasteiger partial charge is 0.243 e. The lowest BCUT2D eigenvalue weighted by Crippen LogP contribution is -2.39. The minimum absolute atomic E-state index is 0.175. The lowest BCUT2D eigenvalue weighted by atomic mass is 10.1. The van der Waals surface area contributed by atoms with Gasteiger partial charge in [0.05, 0.1) is 21.6 Å². The predicted octanol–water partition coefficient (Wildman–Crippen LogP) is 4.70. The summed E-state index contributed by atoms with van der Waals surface area (Å²) in [6.45, 7) is 8.10. The molecule has 0 aliphatic rings. The fourth-order valence-electron chi connectivity index (χ4n) is 3.02. The number of sulfonamides is 1. The molecule has 2 atom stereocenters. The number of carbonyl (C=O) groups excluding carboxylic acids is 1. The van der Waals surface area contributed by atoms with Crippen molar-refractivity contribution < 1.29 is 13.2 Å². The van der Waals surface area contributed by atoms with Gasteiger partial charge in [-0.15, -0.1) is 0 Å². The molecule has 1 amide bonds. The van der Waals surface area contributed by atoms with Crippen molar-refractivity contribution in [2.24, 2.45) is 0 Å². The molecule has 9 heteroatoms. The van der Waals surface area contributed by atoms with Crippen molar-refractivity contribution in [3.05, 3.63) is 58.1 Å². The Labute approximate surface area is 188 Å². The largest absolute Gasteiger partial charge is 0.323 e. The van der Waals surface area contributed by atoms with Crippen LogP contribution in [0.4, 0.5) is 5.69 Å². The van der Waals surface area contributed by atoms with Crippen molar-refractivity contribution in [2.45, 2.75) is 44.7 Å². The standard InChI is InChI=1S/C21H27Cl2N3O3S/c1-5-26(6-2)30(28,29)18-10-7-16(8-11-18)14(3)24-15(4)21(27)25-20-13-17(22)9-12-19(20)23/h7-15,24H,5-6H2,1-4H3,(H,25,27). The maximum atomic E-state index is 12.6. The Bertz CT molecular complexity index is 977. The van der Waals surface area contributed by atoms with Crippen molar-refractivity contribution in [2.75, 3.05) is 18.4 Å². The van der Waals surface area contributed by atoms with Crippen LogP contribution in [-0.4, -0.2) is 37.8 Å². The molecule has 0 heterocycles. The summed E-state index contributed by atoms with van der Waals surface area (Å²) in [6, 6.07) is 10.9. The number of rotatable bonds is 9. The number of anilines is 1. The number of benzene rings is 2. The van der Waals surface area contributed by atoms with Crippen LogP contribution in [0.25, 0.3) is 0 Å². The molecule has 0 aromatic heterocycles. The number of halogens is 2. The molecule has 6 nitrogen and oxygen atoms in total. The lowest BCUT2D eigenvalue weighted by Gasteiger charge is -2.21. The van der Waals surface area contributed by atoms with Crippen LogP contribution in [-0.2, 0) is 14.8 Å². The summed E-state index contributed by atoms with van der Waals surface area (Å²) < 4.78 is 26.6. The molecular weight excluding hydrogens is 445 g/mol. The summed E-state index contributed by atoms with van der Waals surface area (Å²) >= 11 is 12.1. The molecule has 0 fully saturated rings. The number of nitrogens with zero attached hydrogens (tertiary/aromatic N) is 1. The van der Waals surface area contributed by atoms with E-state index in [9.17, 15) is 13.2 Å². The molecule has 0 aliphatic carbocycles. The normalized spacial score (nSPS) is 13.8. The summed E-state index contributed by atoms with van der Waals surface area (Å²) in [5.74, 6) is -0.258. The molecule has 30 heavy (non-hydrogen) atoms. The molecule has 2 aromatic rings. The van der Waals surface area contributed by atoms with Crippen molar-refractivity contribution in [3.63, 3.8) is 0 Å². The van der Waals surface area contributed by atoms with E-state index in [0.717, 1.165) is 5.56 Å². The molecule has 2 aromatic carbocycles. The summed E-state index contributed by atoms with van der Waals surface area (Å²) in [6.07, 6.45) is 0. The van der Waals surface area contributed by atoms with E-state index >= 15 is 0 Å². The maximum absolute atomic E-state index is 12.6. The highest BCUT2D eigenvalue weighted by atomic mass is 35.5. The lowest BCUT2D eigenvalue weighted by molar-refractivity contribution is -0.117. The highest BCUT2D eigenvalue weighted by Crippen LogP contribution is 2.26. The molecular formula is C21H27Cl2N3O3S. The van der Waals surface area contributed by atoms with Crippen molar-refractivity contribution in [1.82, 2.24) is 9.62 Å². The van der Waals surface area contributed by atoms with Gasteiger partial charge in [0.15, 0.2) is 0 Å². The van der Waals surface area contributed by atoms with Crippen LogP contribution in [0, 0.1) is 0 Å². The zero-order valence-corrected chi connectivity index (χ0v) is 19.8. The van der Waals surface area contributed by atoms with E-state index in [1.54, 1.807) is 49.4 Å². The van der Waals surface area contributed by atoms with Crippen LogP contribution >= 0.6 is 23.2 Å². The van der Waals surface area contributed by atoms with Crippen LogP contribution in [0.2, 0.25) is 10.0 Å². The van der Waals surface area contributed by atoms with Crippen LogP contribution in [0.15, 0.2) is 47.4 Å². The Kier molecular flexibility index (Phi) is 8.70. The summed E-state index contributed by atoms with van der Waals surface area (Å²) in [7, 11) is -3.50. The van der Waals surface area contributed by atoms with Crippen LogP contribution in [0.5, 0.6) is 0 Å². The number of hydrogen-bond acceptors (Lipinski definition) is 4. The molecule has 164 valence electrons. The van der Waals surface area contributed by atoms with E-state index in [1.165, 1.54) is 4.31 Å². The van der Waals surface area contributed by atoms with Crippen molar-refractivity contribution in [3.8, 4) is 0 Å². The predicted molar refractivity (Wildman–Crippen MR) is 123 cm³/mol. The van der Waals surface area contributed by atoms with Crippen LogP contribution in [0.3, 0.4) is 0 Å². The molecule has 2 rings (SSSR count). The molecule has 2 unspecified atom stereocenters. The average Bonchev–Trinajstić information content (AvgIpc) is 2.71. The topological polar surface area (TPSA) is 78.5 Å². The molecule has 0 bridgehead atoms. The van der Waals surface area contributed by atoms with E-state index in [1.807, 2.05) is 20.8 Å². The van der Waals surface area contributed by atoms with E-state index in [-0.39, 0.29) is 16.8 Å². The van der Waals surface area contributed by atoms with Gasteiger partial charge in [0.1, 0.15) is 0 Å². The van der Waals surface area contributed by atoms with Gasteiger partial charge in [-0.05, 0) is 49.7 Å². The first-order valence-electron chi connectivity index (χ1n) is 9.72. The second-order valence-corrected chi connectivity index (χ2v) is 9.66. The first-order chi connectivity index (χ1) is 14.1. The summed E-state index contributed by atoms with van der Waals surface area (Å²) in [4.78, 5) is 12.8. The van der Waals surface area contributed by atoms with E-state index in [2.05, 4.69) is 10.6 Å². The Hall–Kier alpha value is -1.64.